The maximum Gasteiger partial charge on any atom is 0.132 e. The van der Waals surface area contributed by atoms with E-state index in [1.807, 2.05) is 11.0 Å². The van der Waals surface area contributed by atoms with E-state index in [1.54, 1.807) is 18.2 Å². The van der Waals surface area contributed by atoms with E-state index < -0.39 is 0 Å². The van der Waals surface area contributed by atoms with Gasteiger partial charge in [0.25, 0.3) is 0 Å². The van der Waals surface area contributed by atoms with E-state index >= 15 is 0 Å². The van der Waals surface area contributed by atoms with Crippen molar-refractivity contribution in [2.75, 3.05) is 23.7 Å². The van der Waals surface area contributed by atoms with Crippen LogP contribution in [0.5, 0.6) is 5.75 Å². The fraction of sp³-hybridized carbons (Fsp3) is 0.389. The first-order chi connectivity index (χ1) is 11.9. The highest BCUT2D eigenvalue weighted by atomic mass is 16.5. The van der Waals surface area contributed by atoms with Crippen molar-refractivity contribution >= 4 is 17.2 Å². The molecule has 0 unspecified atom stereocenters. The summed E-state index contributed by atoms with van der Waals surface area (Å²) in [5.41, 5.74) is 7.82. The van der Waals surface area contributed by atoms with Crippen LogP contribution < -0.4 is 15.4 Å². The van der Waals surface area contributed by atoms with Crippen LogP contribution in [0.4, 0.5) is 11.5 Å². The normalized spacial score (nSPS) is 18.6. The number of nitrogen functional groups attached to an aromatic ring is 1. The molecule has 7 heteroatoms. The van der Waals surface area contributed by atoms with Crippen LogP contribution in [0.2, 0.25) is 0 Å². The molecule has 25 heavy (non-hydrogen) atoms. The number of aliphatic hydroxyl groups is 1. The summed E-state index contributed by atoms with van der Waals surface area (Å²) in [4.78, 5) is 10.4. The Labute approximate surface area is 146 Å². The molecule has 2 fully saturated rings. The van der Waals surface area contributed by atoms with Crippen LogP contribution in [0.3, 0.4) is 0 Å². The van der Waals surface area contributed by atoms with Crippen LogP contribution >= 0.6 is 0 Å². The first kappa shape index (κ1) is 15.8. The van der Waals surface area contributed by atoms with Crippen molar-refractivity contribution in [3.63, 3.8) is 0 Å². The van der Waals surface area contributed by atoms with Gasteiger partial charge in [0, 0.05) is 30.4 Å². The van der Waals surface area contributed by atoms with E-state index in [0.717, 1.165) is 12.8 Å². The molecule has 130 valence electrons. The van der Waals surface area contributed by atoms with Crippen LogP contribution in [0.15, 0.2) is 30.6 Å². The zero-order valence-corrected chi connectivity index (χ0v) is 14.1. The number of ether oxygens (including phenoxy) is 1. The molecule has 4 N–H and O–H groups in total. The average Bonchev–Trinajstić information content (AvgIpc) is 3.30. The molecule has 4 rings (SSSR count). The molecule has 2 aliphatic rings. The molecule has 2 aromatic rings. The molecule has 1 saturated heterocycles. The highest BCUT2D eigenvalue weighted by Crippen LogP contribution is 2.40. The minimum atomic E-state index is -0.314. The summed E-state index contributed by atoms with van der Waals surface area (Å²) in [6.45, 7) is 3.17. The van der Waals surface area contributed by atoms with Gasteiger partial charge in [-0.25, -0.2) is 9.97 Å². The summed E-state index contributed by atoms with van der Waals surface area (Å²) in [7, 11) is 0. The molecule has 0 amide bonds. The van der Waals surface area contributed by atoms with Crippen LogP contribution in [0.1, 0.15) is 31.0 Å². The molecule has 0 bridgehead atoms. The number of β-amino-alcohol motifs (C(OH)–C–C–N with tert-alkyl or cyclic N) is 1. The zero-order chi connectivity index (χ0) is 17.6. The van der Waals surface area contributed by atoms with Gasteiger partial charge in [0.2, 0.25) is 0 Å². The topological polar surface area (TPSA) is 108 Å². The molecule has 0 atom stereocenters. The second-order valence-corrected chi connectivity index (χ2v) is 7.00. The fourth-order valence-electron chi connectivity index (χ4n) is 2.82. The van der Waals surface area contributed by atoms with Gasteiger partial charge in [-0.2, -0.15) is 0 Å². The number of rotatable bonds is 5. The summed E-state index contributed by atoms with van der Waals surface area (Å²) >= 11 is 0. The van der Waals surface area contributed by atoms with Crippen molar-refractivity contribution in [1.82, 2.24) is 9.97 Å². The minimum absolute atomic E-state index is 0.0873. The molecule has 7 nitrogen and oxygen atoms in total. The van der Waals surface area contributed by atoms with E-state index in [-0.39, 0.29) is 17.4 Å². The van der Waals surface area contributed by atoms with Crippen molar-refractivity contribution in [2.24, 2.45) is 0 Å². The Morgan fingerprint density at radius 1 is 1.32 bits per heavy atom. The summed E-state index contributed by atoms with van der Waals surface area (Å²) in [6, 6.07) is 7.15. The van der Waals surface area contributed by atoms with Gasteiger partial charge in [-0.15, -0.1) is 0 Å². The minimum Gasteiger partial charge on any atom is -0.488 e. The second-order valence-electron chi connectivity index (χ2n) is 7.00. The zero-order valence-electron chi connectivity index (χ0n) is 14.1. The maximum atomic E-state index is 9.44. The molecular formula is C18H21N5O2. The Kier molecular flexibility index (Phi) is 3.61. The SMILES string of the molecule is CC1(Oc2ccc(N)c(C(=N)c3cc(N4CC(O)C4)ncn3)c2)CC1. The third kappa shape index (κ3) is 3.15. The summed E-state index contributed by atoms with van der Waals surface area (Å²) in [6.07, 6.45) is 3.21. The molecular weight excluding hydrogens is 318 g/mol. The van der Waals surface area contributed by atoms with Gasteiger partial charge >= 0.3 is 0 Å². The predicted octanol–water partition coefficient (Wildman–Crippen LogP) is 1.59. The van der Waals surface area contributed by atoms with Gasteiger partial charge < -0.3 is 20.5 Å². The van der Waals surface area contributed by atoms with Crippen molar-refractivity contribution in [1.29, 1.82) is 5.41 Å². The van der Waals surface area contributed by atoms with Crippen molar-refractivity contribution < 1.29 is 9.84 Å². The van der Waals surface area contributed by atoms with E-state index in [0.29, 0.717) is 41.6 Å². The van der Waals surface area contributed by atoms with Crippen molar-refractivity contribution in [2.45, 2.75) is 31.5 Å². The molecule has 1 aromatic heterocycles. The largest absolute Gasteiger partial charge is 0.488 e. The molecule has 0 spiro atoms. The lowest BCUT2D eigenvalue weighted by Crippen LogP contribution is -2.51. The average molecular weight is 339 g/mol. The first-order valence-electron chi connectivity index (χ1n) is 8.36. The number of hydrogen-bond acceptors (Lipinski definition) is 7. The number of anilines is 2. The summed E-state index contributed by atoms with van der Waals surface area (Å²) < 4.78 is 5.97. The monoisotopic (exact) mass is 339 g/mol. The summed E-state index contributed by atoms with van der Waals surface area (Å²) in [5.74, 6) is 1.42. The number of nitrogens with one attached hydrogen (secondary N) is 1. The molecule has 0 radical (unpaired) electrons. The number of nitrogens with two attached hydrogens (primary N) is 1. The number of aromatic nitrogens is 2. The number of aliphatic hydroxyl groups excluding tert-OH is 1. The molecule has 1 aromatic carbocycles. The lowest BCUT2D eigenvalue weighted by Gasteiger charge is -2.36. The number of nitrogens with zero attached hydrogens (tertiary/aromatic N) is 3. The van der Waals surface area contributed by atoms with E-state index in [9.17, 15) is 5.11 Å². The Balaban J connectivity index is 1.60. The van der Waals surface area contributed by atoms with Gasteiger partial charge in [0.1, 0.15) is 23.5 Å². The third-order valence-electron chi connectivity index (χ3n) is 4.71. The fourth-order valence-corrected chi connectivity index (χ4v) is 2.82. The number of hydrogen-bond donors (Lipinski definition) is 3. The Bertz CT molecular complexity index is 828. The van der Waals surface area contributed by atoms with Gasteiger partial charge in [0.15, 0.2) is 0 Å². The molecule has 1 saturated carbocycles. The van der Waals surface area contributed by atoms with Crippen molar-refractivity contribution in [3.8, 4) is 5.75 Å². The smallest absolute Gasteiger partial charge is 0.132 e. The number of benzene rings is 1. The Hall–Kier alpha value is -2.67. The van der Waals surface area contributed by atoms with Crippen LogP contribution in [0, 0.1) is 5.41 Å². The Morgan fingerprint density at radius 2 is 2.08 bits per heavy atom. The van der Waals surface area contributed by atoms with Gasteiger partial charge in [-0.05, 0) is 38.0 Å². The first-order valence-corrected chi connectivity index (χ1v) is 8.36. The third-order valence-corrected chi connectivity index (χ3v) is 4.71. The van der Waals surface area contributed by atoms with E-state index in [4.69, 9.17) is 15.9 Å². The van der Waals surface area contributed by atoms with Crippen molar-refractivity contribution in [3.05, 3.63) is 41.9 Å². The van der Waals surface area contributed by atoms with Crippen LogP contribution in [-0.2, 0) is 0 Å². The molecule has 2 heterocycles. The van der Waals surface area contributed by atoms with E-state index in [1.165, 1.54) is 6.33 Å². The maximum absolute atomic E-state index is 9.44. The van der Waals surface area contributed by atoms with Gasteiger partial charge in [-0.3, -0.25) is 5.41 Å². The predicted molar refractivity (Wildman–Crippen MR) is 95.3 cm³/mol. The molecule has 1 aliphatic heterocycles. The Morgan fingerprint density at radius 3 is 2.76 bits per heavy atom. The summed E-state index contributed by atoms with van der Waals surface area (Å²) in [5, 5.41) is 18.0. The quantitative estimate of drug-likeness (QED) is 0.564. The standard InChI is InChI=1S/C18H21N5O2/c1-18(4-5-18)25-12-2-3-14(19)13(6-12)17(20)15-7-16(22-10-21-15)23-8-11(24)9-23/h2-3,6-7,10-11,20,24H,4-5,8-9,19H2,1H3. The van der Waals surface area contributed by atoms with E-state index in [2.05, 4.69) is 16.9 Å². The highest BCUT2D eigenvalue weighted by molar-refractivity contribution is 6.13. The van der Waals surface area contributed by atoms with Gasteiger partial charge in [-0.1, -0.05) is 0 Å². The molecule has 1 aliphatic carbocycles. The highest BCUT2D eigenvalue weighted by Gasteiger charge is 2.40. The van der Waals surface area contributed by atoms with Crippen LogP contribution in [0.25, 0.3) is 0 Å². The second kappa shape index (κ2) is 5.70. The lowest BCUT2D eigenvalue weighted by atomic mass is 10.0. The lowest BCUT2D eigenvalue weighted by molar-refractivity contribution is 0.141. The van der Waals surface area contributed by atoms with Gasteiger partial charge in [0.05, 0.1) is 17.5 Å². The van der Waals surface area contributed by atoms with Crippen LogP contribution in [-0.4, -0.2) is 45.6 Å².